The van der Waals surface area contributed by atoms with E-state index in [2.05, 4.69) is 41.0 Å². The molecule has 1 aromatic carbocycles. The van der Waals surface area contributed by atoms with Crippen LogP contribution in [0.25, 0.3) is 0 Å². The van der Waals surface area contributed by atoms with Crippen LogP contribution in [-0.2, 0) is 0 Å². The van der Waals surface area contributed by atoms with Gasteiger partial charge in [0.2, 0.25) is 0 Å². The molecule has 1 aliphatic heterocycles. The fourth-order valence-electron chi connectivity index (χ4n) is 3.21. The number of likely N-dealkylation sites (N-methyl/N-ethyl adjacent to an activating group) is 2. The highest BCUT2D eigenvalue weighted by Crippen LogP contribution is 2.27. The maximum absolute atomic E-state index is 14.1. The van der Waals surface area contributed by atoms with E-state index in [0.717, 1.165) is 37.4 Å². The Labute approximate surface area is 139 Å². The van der Waals surface area contributed by atoms with Gasteiger partial charge in [0.1, 0.15) is 5.82 Å². The highest BCUT2D eigenvalue weighted by Gasteiger charge is 2.26. The minimum atomic E-state index is -0.211. The SMILES string of the molecule is C=C(C(NC)C(C)c1ccc(NC)c(F)c1)N1CCN(C)CC1. The van der Waals surface area contributed by atoms with Crippen LogP contribution in [0.4, 0.5) is 10.1 Å². The highest BCUT2D eigenvalue weighted by atomic mass is 19.1. The van der Waals surface area contributed by atoms with E-state index in [1.165, 1.54) is 0 Å². The normalized spacial score (nSPS) is 18.6. The number of hydrogen-bond acceptors (Lipinski definition) is 4. The lowest BCUT2D eigenvalue weighted by Crippen LogP contribution is -2.48. The summed E-state index contributed by atoms with van der Waals surface area (Å²) in [6.45, 7) is 10.5. The zero-order chi connectivity index (χ0) is 17.0. The Morgan fingerprint density at radius 1 is 1.22 bits per heavy atom. The Balaban J connectivity index is 2.12. The summed E-state index contributed by atoms with van der Waals surface area (Å²) in [5.41, 5.74) is 2.60. The van der Waals surface area contributed by atoms with Crippen LogP contribution in [0.1, 0.15) is 18.4 Å². The van der Waals surface area contributed by atoms with E-state index in [0.29, 0.717) is 5.69 Å². The average Bonchev–Trinajstić information content (AvgIpc) is 2.55. The molecule has 0 saturated carbocycles. The molecule has 1 aromatic rings. The second-order valence-corrected chi connectivity index (χ2v) is 6.33. The topological polar surface area (TPSA) is 30.5 Å². The van der Waals surface area contributed by atoms with Crippen LogP contribution >= 0.6 is 0 Å². The Kier molecular flexibility index (Phi) is 6.02. The van der Waals surface area contributed by atoms with Gasteiger partial charge >= 0.3 is 0 Å². The lowest BCUT2D eigenvalue weighted by Gasteiger charge is -2.39. The van der Waals surface area contributed by atoms with Gasteiger partial charge in [0, 0.05) is 44.8 Å². The van der Waals surface area contributed by atoms with Crippen molar-refractivity contribution in [3.8, 4) is 0 Å². The van der Waals surface area contributed by atoms with Crippen molar-refractivity contribution in [2.24, 2.45) is 0 Å². The minimum Gasteiger partial charge on any atom is -0.386 e. The molecule has 128 valence electrons. The molecule has 0 spiro atoms. The largest absolute Gasteiger partial charge is 0.386 e. The fourth-order valence-corrected chi connectivity index (χ4v) is 3.21. The van der Waals surface area contributed by atoms with Gasteiger partial charge in [-0.3, -0.25) is 0 Å². The van der Waals surface area contributed by atoms with Gasteiger partial charge in [-0.1, -0.05) is 19.6 Å². The zero-order valence-electron chi connectivity index (χ0n) is 14.7. The summed E-state index contributed by atoms with van der Waals surface area (Å²) in [4.78, 5) is 4.67. The van der Waals surface area contributed by atoms with E-state index in [-0.39, 0.29) is 17.8 Å². The van der Waals surface area contributed by atoms with Gasteiger partial charge in [-0.2, -0.15) is 0 Å². The quantitative estimate of drug-likeness (QED) is 0.842. The van der Waals surface area contributed by atoms with Crippen molar-refractivity contribution in [1.82, 2.24) is 15.1 Å². The Morgan fingerprint density at radius 2 is 1.87 bits per heavy atom. The lowest BCUT2D eigenvalue weighted by molar-refractivity contribution is 0.175. The van der Waals surface area contributed by atoms with Crippen molar-refractivity contribution in [2.75, 3.05) is 52.6 Å². The summed E-state index contributed by atoms with van der Waals surface area (Å²) in [5, 5.41) is 6.23. The van der Waals surface area contributed by atoms with Crippen LogP contribution in [0.5, 0.6) is 0 Å². The highest BCUT2D eigenvalue weighted by molar-refractivity contribution is 5.46. The number of rotatable bonds is 6. The molecule has 1 fully saturated rings. The molecule has 1 aliphatic rings. The standard InChI is InChI=1S/C18H29FN4/c1-13(15-6-7-17(20-3)16(19)12-15)18(21-4)14(2)23-10-8-22(5)9-11-23/h6-7,12-13,18,20-21H,2,8-11H2,1,3-5H3. The molecule has 2 N–H and O–H groups in total. The summed E-state index contributed by atoms with van der Waals surface area (Å²) in [6, 6.07) is 5.50. The molecule has 1 heterocycles. The summed E-state index contributed by atoms with van der Waals surface area (Å²) >= 11 is 0. The number of hydrogen-bond donors (Lipinski definition) is 2. The van der Waals surface area contributed by atoms with E-state index >= 15 is 0 Å². The van der Waals surface area contributed by atoms with E-state index in [9.17, 15) is 4.39 Å². The number of nitrogens with one attached hydrogen (secondary N) is 2. The van der Waals surface area contributed by atoms with Crippen molar-refractivity contribution in [2.45, 2.75) is 18.9 Å². The van der Waals surface area contributed by atoms with E-state index in [4.69, 9.17) is 0 Å². The molecule has 2 rings (SSSR count). The number of anilines is 1. The van der Waals surface area contributed by atoms with Gasteiger partial charge in [0.25, 0.3) is 0 Å². The maximum Gasteiger partial charge on any atom is 0.146 e. The molecule has 4 nitrogen and oxygen atoms in total. The number of benzene rings is 1. The van der Waals surface area contributed by atoms with Gasteiger partial charge in [0.15, 0.2) is 0 Å². The van der Waals surface area contributed by atoms with Crippen LogP contribution in [0.15, 0.2) is 30.5 Å². The molecule has 5 heteroatoms. The summed E-state index contributed by atoms with van der Waals surface area (Å²) in [6.07, 6.45) is 0. The number of halogens is 1. The smallest absolute Gasteiger partial charge is 0.146 e. The van der Waals surface area contributed by atoms with Gasteiger partial charge in [-0.05, 0) is 31.8 Å². The summed E-state index contributed by atoms with van der Waals surface area (Å²) in [5.74, 6) is -0.0653. The van der Waals surface area contributed by atoms with Gasteiger partial charge in [0.05, 0.1) is 11.7 Å². The van der Waals surface area contributed by atoms with Crippen molar-refractivity contribution in [3.05, 3.63) is 41.9 Å². The van der Waals surface area contributed by atoms with Crippen molar-refractivity contribution < 1.29 is 4.39 Å². The molecule has 23 heavy (non-hydrogen) atoms. The summed E-state index contributed by atoms with van der Waals surface area (Å²) in [7, 11) is 5.82. The van der Waals surface area contributed by atoms with Crippen LogP contribution in [0, 0.1) is 5.82 Å². The van der Waals surface area contributed by atoms with Crippen molar-refractivity contribution >= 4 is 5.69 Å². The fraction of sp³-hybridized carbons (Fsp3) is 0.556. The van der Waals surface area contributed by atoms with Gasteiger partial charge < -0.3 is 20.4 Å². The third kappa shape index (κ3) is 4.03. The maximum atomic E-state index is 14.1. The first-order valence-corrected chi connectivity index (χ1v) is 8.24. The van der Waals surface area contributed by atoms with Crippen molar-refractivity contribution in [3.63, 3.8) is 0 Å². The molecule has 2 unspecified atom stereocenters. The molecule has 2 atom stereocenters. The predicted molar refractivity (Wildman–Crippen MR) is 95.4 cm³/mol. The second-order valence-electron chi connectivity index (χ2n) is 6.33. The Morgan fingerprint density at radius 3 is 2.39 bits per heavy atom. The molecule has 0 radical (unpaired) electrons. The molecular weight excluding hydrogens is 291 g/mol. The zero-order valence-corrected chi connectivity index (χ0v) is 14.7. The second kappa shape index (κ2) is 7.79. The molecule has 1 saturated heterocycles. The van der Waals surface area contributed by atoms with Crippen LogP contribution in [-0.4, -0.2) is 63.2 Å². The summed E-state index contributed by atoms with van der Waals surface area (Å²) < 4.78 is 14.1. The van der Waals surface area contributed by atoms with Gasteiger partial charge in [-0.15, -0.1) is 0 Å². The third-order valence-corrected chi connectivity index (χ3v) is 4.87. The van der Waals surface area contributed by atoms with E-state index in [1.54, 1.807) is 19.2 Å². The first-order valence-electron chi connectivity index (χ1n) is 8.24. The Hall–Kier alpha value is -1.59. The molecule has 0 aliphatic carbocycles. The van der Waals surface area contributed by atoms with Crippen LogP contribution < -0.4 is 10.6 Å². The number of piperazine rings is 1. The van der Waals surface area contributed by atoms with E-state index < -0.39 is 0 Å². The number of nitrogens with zero attached hydrogens (tertiary/aromatic N) is 2. The third-order valence-electron chi connectivity index (χ3n) is 4.87. The van der Waals surface area contributed by atoms with Crippen molar-refractivity contribution in [1.29, 1.82) is 0 Å². The van der Waals surface area contributed by atoms with Gasteiger partial charge in [-0.25, -0.2) is 4.39 Å². The monoisotopic (exact) mass is 320 g/mol. The van der Waals surface area contributed by atoms with Crippen LogP contribution in [0.2, 0.25) is 0 Å². The lowest BCUT2D eigenvalue weighted by atomic mass is 9.90. The molecule has 0 bridgehead atoms. The first kappa shape index (κ1) is 17.8. The Bertz CT molecular complexity index is 538. The van der Waals surface area contributed by atoms with Crippen LogP contribution in [0.3, 0.4) is 0 Å². The predicted octanol–water partition coefficient (Wildman–Crippen LogP) is 2.32. The van der Waals surface area contributed by atoms with E-state index in [1.807, 2.05) is 13.1 Å². The average molecular weight is 320 g/mol. The molecule has 0 aromatic heterocycles. The first-order chi connectivity index (χ1) is 11.0. The molecule has 0 amide bonds. The minimum absolute atomic E-state index is 0.0956. The molecular formula is C18H29FN4.